The zero-order valence-corrected chi connectivity index (χ0v) is 21.8. The summed E-state index contributed by atoms with van der Waals surface area (Å²) in [6.45, 7) is 0. The summed E-state index contributed by atoms with van der Waals surface area (Å²) >= 11 is 0. The van der Waals surface area contributed by atoms with E-state index in [2.05, 4.69) is 4.74 Å². The molecule has 0 saturated heterocycles. The number of phenolic OH excluding ortho intramolecular Hbond substituents is 2. The van der Waals surface area contributed by atoms with Crippen LogP contribution in [-0.4, -0.2) is 56.2 Å². The summed E-state index contributed by atoms with van der Waals surface area (Å²) in [4.78, 5) is 10.3. The largest absolute Gasteiger partial charge is 1.00 e. The summed E-state index contributed by atoms with van der Waals surface area (Å²) in [5, 5.41) is 20.2. The molecule has 0 unspecified atom stereocenters. The van der Waals surface area contributed by atoms with E-state index in [-0.39, 0.29) is 64.9 Å². The molecule has 0 saturated carbocycles. The fourth-order valence-electron chi connectivity index (χ4n) is 2.39. The summed E-state index contributed by atoms with van der Waals surface area (Å²) in [6.07, 6.45) is 0. The van der Waals surface area contributed by atoms with E-state index in [1.54, 1.807) is 0 Å². The first kappa shape index (κ1) is 29.1. The van der Waals surface area contributed by atoms with Gasteiger partial charge in [-0.3, -0.25) is 4.79 Å². The van der Waals surface area contributed by atoms with Gasteiger partial charge in [0, 0.05) is 6.07 Å². The number of ether oxygens (including phenoxy) is 2. The van der Waals surface area contributed by atoms with Crippen molar-refractivity contribution in [3.63, 3.8) is 0 Å². The quantitative estimate of drug-likeness (QED) is 0.228. The van der Waals surface area contributed by atoms with Gasteiger partial charge in [-0.15, -0.1) is 0 Å². The predicted molar refractivity (Wildman–Crippen MR) is 88.7 cm³/mol. The van der Waals surface area contributed by atoms with Crippen molar-refractivity contribution in [1.82, 2.24) is 0 Å². The summed E-state index contributed by atoms with van der Waals surface area (Å²) < 4.78 is 78.2. The number of hydrogen-bond donors (Lipinski definition) is 2. The Hall–Kier alpha value is -0.870. The number of hydrogen-bond acceptors (Lipinski definition) is 11. The Morgan fingerprint density at radius 3 is 1.93 bits per heavy atom. The molecule has 0 atom stereocenters. The van der Waals surface area contributed by atoms with Gasteiger partial charge in [0.05, 0.1) is 30.2 Å². The van der Waals surface area contributed by atoms with E-state index in [0.29, 0.717) is 6.07 Å². The smallest absolute Gasteiger partial charge is 0.744 e. The maximum atomic E-state index is 12.7. The molecule has 0 aliphatic rings. The molecule has 30 heavy (non-hydrogen) atoms. The van der Waals surface area contributed by atoms with Crippen LogP contribution in [0.1, 0.15) is 15.9 Å². The Morgan fingerprint density at radius 2 is 1.50 bits per heavy atom. The Morgan fingerprint density at radius 1 is 0.933 bits per heavy atom. The minimum Gasteiger partial charge on any atom is -0.744 e. The summed E-state index contributed by atoms with van der Waals surface area (Å²) in [5.41, 5.74) is -1.90. The van der Waals surface area contributed by atoms with Crippen LogP contribution in [-0.2, 0) is 20.2 Å². The molecule has 2 aromatic rings. The first-order chi connectivity index (χ1) is 12.8. The average molecular weight is 478 g/mol. The Bertz CT molecular complexity index is 1180. The molecule has 0 aromatic heterocycles. The normalized spacial score (nSPS) is 11.1. The van der Waals surface area contributed by atoms with Crippen LogP contribution in [0.3, 0.4) is 0 Å². The van der Waals surface area contributed by atoms with Crippen molar-refractivity contribution >= 4 is 26.0 Å². The van der Waals surface area contributed by atoms with Gasteiger partial charge < -0.3 is 28.8 Å². The SMILES string of the molecule is COc1cc(O)c(C(=O)c2ccc(OC)c(S(=O)(=O)[O-])c2O)c(S(=O)(=O)[O-])c1.[Na+].[Na+]. The van der Waals surface area contributed by atoms with Crippen LogP contribution in [0.15, 0.2) is 34.1 Å². The molecule has 0 spiro atoms. The standard InChI is InChI=1S/C15H14O11S2.2Na/c1-25-7-5-9(16)12(11(6-7)27(19,20)21)13(17)8-3-4-10(26-2)15(14(8)18)28(22,23)24;;/h3-6,16,18H,1-2H3,(H,19,20,21)(H,22,23,24);;/q;2*+1/p-2. The number of aromatic hydroxyl groups is 2. The number of methoxy groups -OCH3 is 2. The van der Waals surface area contributed by atoms with Crippen LogP contribution in [0.2, 0.25) is 0 Å². The Balaban J connectivity index is 0.00000420. The third-order valence-corrected chi connectivity index (χ3v) is 5.35. The number of rotatable bonds is 6. The van der Waals surface area contributed by atoms with E-state index in [1.165, 1.54) is 0 Å². The van der Waals surface area contributed by atoms with Gasteiger partial charge in [0.15, 0.2) is 0 Å². The van der Waals surface area contributed by atoms with Gasteiger partial charge in [0.25, 0.3) is 0 Å². The van der Waals surface area contributed by atoms with Crippen molar-refractivity contribution in [1.29, 1.82) is 0 Å². The van der Waals surface area contributed by atoms with E-state index in [1.807, 2.05) is 0 Å². The Labute approximate surface area is 216 Å². The van der Waals surface area contributed by atoms with Crippen molar-refractivity contribution in [3.05, 3.63) is 35.4 Å². The maximum absolute atomic E-state index is 12.7. The maximum Gasteiger partial charge on any atom is 1.00 e. The van der Waals surface area contributed by atoms with Crippen LogP contribution in [0.5, 0.6) is 23.0 Å². The Kier molecular flexibility index (Phi) is 10.3. The summed E-state index contributed by atoms with van der Waals surface area (Å²) in [7, 11) is -8.50. The molecular formula is C15H12Na2O11S2. The predicted octanol–water partition coefficient (Wildman–Crippen LogP) is -5.84. The van der Waals surface area contributed by atoms with Crippen LogP contribution < -0.4 is 68.6 Å². The van der Waals surface area contributed by atoms with Gasteiger partial charge in [-0.2, -0.15) is 0 Å². The van der Waals surface area contributed by atoms with Gasteiger partial charge in [0.1, 0.15) is 48.1 Å². The van der Waals surface area contributed by atoms with E-state index in [4.69, 9.17) is 4.74 Å². The molecule has 11 nitrogen and oxygen atoms in total. The second kappa shape index (κ2) is 10.6. The first-order valence-corrected chi connectivity index (χ1v) is 9.92. The fourth-order valence-corrected chi connectivity index (χ4v) is 3.84. The summed E-state index contributed by atoms with van der Waals surface area (Å²) in [5.74, 6) is -4.58. The van der Waals surface area contributed by atoms with E-state index < -0.39 is 64.2 Å². The van der Waals surface area contributed by atoms with Crippen LogP contribution >= 0.6 is 0 Å². The molecular weight excluding hydrogens is 466 g/mol. The van der Waals surface area contributed by atoms with Gasteiger partial charge >= 0.3 is 59.1 Å². The molecule has 152 valence electrons. The van der Waals surface area contributed by atoms with E-state index in [0.717, 1.165) is 32.4 Å². The van der Waals surface area contributed by atoms with E-state index in [9.17, 15) is 40.9 Å². The molecule has 0 bridgehead atoms. The molecule has 2 aromatic carbocycles. The second-order valence-electron chi connectivity index (χ2n) is 5.25. The number of benzene rings is 2. The van der Waals surface area contributed by atoms with E-state index >= 15 is 0 Å². The summed E-state index contributed by atoms with van der Waals surface area (Å²) in [6, 6.07) is 3.19. The van der Waals surface area contributed by atoms with Gasteiger partial charge in [-0.25, -0.2) is 16.8 Å². The van der Waals surface area contributed by atoms with Crippen molar-refractivity contribution in [2.24, 2.45) is 0 Å². The van der Waals surface area contributed by atoms with Crippen molar-refractivity contribution < 1.29 is 110 Å². The molecule has 0 heterocycles. The van der Waals surface area contributed by atoms with Crippen molar-refractivity contribution in [3.8, 4) is 23.0 Å². The molecule has 2 N–H and O–H groups in total. The fraction of sp³-hybridized carbons (Fsp3) is 0.133. The molecule has 0 fully saturated rings. The molecule has 0 amide bonds. The van der Waals surface area contributed by atoms with Crippen molar-refractivity contribution in [2.75, 3.05) is 14.2 Å². The molecule has 0 radical (unpaired) electrons. The molecule has 2 rings (SSSR count). The van der Waals surface area contributed by atoms with Gasteiger partial charge in [-0.1, -0.05) is 0 Å². The second-order valence-corrected chi connectivity index (χ2v) is 7.91. The van der Waals surface area contributed by atoms with Crippen LogP contribution in [0.25, 0.3) is 0 Å². The zero-order valence-electron chi connectivity index (χ0n) is 16.2. The first-order valence-electron chi connectivity index (χ1n) is 7.10. The zero-order chi connectivity index (χ0) is 21.4. The third kappa shape index (κ3) is 5.88. The van der Waals surface area contributed by atoms with Crippen LogP contribution in [0.4, 0.5) is 0 Å². The number of carbonyl (C=O) groups excluding carboxylic acids is 1. The average Bonchev–Trinajstić information content (AvgIpc) is 2.58. The topological polar surface area (TPSA) is 190 Å². The number of carbonyl (C=O) groups is 1. The van der Waals surface area contributed by atoms with Gasteiger partial charge in [0.2, 0.25) is 5.78 Å². The minimum absolute atomic E-state index is 0. The minimum atomic E-state index is -5.31. The molecule has 15 heteroatoms. The van der Waals surface area contributed by atoms with Crippen LogP contribution in [0, 0.1) is 0 Å². The monoisotopic (exact) mass is 478 g/mol. The number of phenols is 2. The molecule has 0 aliphatic carbocycles. The van der Waals surface area contributed by atoms with Crippen molar-refractivity contribution in [2.45, 2.75) is 9.79 Å². The molecule has 0 aliphatic heterocycles. The number of ketones is 1. The van der Waals surface area contributed by atoms with Gasteiger partial charge in [-0.05, 0) is 18.2 Å². The third-order valence-electron chi connectivity index (χ3n) is 3.60.